The number of piperidine rings is 1. The molecule has 0 N–H and O–H groups in total. The third kappa shape index (κ3) is 1.54. The molecule has 0 spiro atoms. The summed E-state index contributed by atoms with van der Waals surface area (Å²) in [6, 6.07) is 7.45. The van der Waals surface area contributed by atoms with Crippen molar-refractivity contribution in [1.82, 2.24) is 4.90 Å². The number of aryl methyl sites for hydroxylation is 1. The number of fused-ring (bicyclic) bond motifs is 1. The molecule has 2 nitrogen and oxygen atoms in total. The Morgan fingerprint density at radius 2 is 2.20 bits per heavy atom. The minimum absolute atomic E-state index is 0.377. The van der Waals surface area contributed by atoms with Crippen LogP contribution in [0.15, 0.2) is 18.2 Å². The molecule has 0 aromatic heterocycles. The van der Waals surface area contributed by atoms with Gasteiger partial charge in [0.2, 0.25) is 6.41 Å². The Balaban J connectivity index is 1.89. The number of hydrogen-bond acceptors (Lipinski definition) is 1. The summed E-state index contributed by atoms with van der Waals surface area (Å²) in [6.07, 6.45) is 8.68. The molecule has 2 heteroatoms. The minimum atomic E-state index is 0.377. The summed E-state index contributed by atoms with van der Waals surface area (Å²) in [4.78, 5) is 13.5. The molecule has 0 radical (unpaired) electrons. The van der Waals surface area contributed by atoms with Gasteiger partial charge in [-0.15, -0.1) is 0 Å². The fourth-order valence-electron chi connectivity index (χ4n) is 5.28. The van der Waals surface area contributed by atoms with Gasteiger partial charge in [-0.1, -0.05) is 36.6 Å². The fourth-order valence-corrected chi connectivity index (χ4v) is 5.28. The second-order valence-electron chi connectivity index (χ2n) is 7.03. The Bertz CT molecular complexity index is 552. The van der Waals surface area contributed by atoms with Crippen LogP contribution in [0, 0.1) is 12.8 Å². The smallest absolute Gasteiger partial charge is 0.209 e. The van der Waals surface area contributed by atoms with Crippen LogP contribution >= 0.6 is 0 Å². The Labute approximate surface area is 121 Å². The maximum absolute atomic E-state index is 11.4. The van der Waals surface area contributed by atoms with Crippen molar-refractivity contribution in [1.29, 1.82) is 0 Å². The molecule has 1 aliphatic heterocycles. The molecular weight excluding hydrogens is 246 g/mol. The normalized spacial score (nSPS) is 35.1. The topological polar surface area (TPSA) is 20.3 Å². The van der Waals surface area contributed by atoms with E-state index in [0.29, 0.717) is 17.4 Å². The number of carbonyl (C=O) groups excluding carboxylic acids is 1. The van der Waals surface area contributed by atoms with E-state index in [2.05, 4.69) is 30.0 Å². The minimum Gasteiger partial charge on any atom is -0.342 e. The molecular formula is C18H23NO. The highest BCUT2D eigenvalue weighted by Gasteiger charge is 2.53. The third-order valence-corrected chi connectivity index (χ3v) is 6.17. The molecule has 1 aromatic carbocycles. The van der Waals surface area contributed by atoms with E-state index in [1.165, 1.54) is 43.2 Å². The first-order chi connectivity index (χ1) is 9.74. The maximum Gasteiger partial charge on any atom is 0.209 e. The number of amides is 1. The molecule has 1 amide bonds. The van der Waals surface area contributed by atoms with Crippen molar-refractivity contribution in [3.63, 3.8) is 0 Å². The maximum atomic E-state index is 11.4. The molecule has 3 aliphatic rings. The van der Waals surface area contributed by atoms with E-state index in [0.717, 1.165) is 19.4 Å². The van der Waals surface area contributed by atoms with Crippen LogP contribution in [0.25, 0.3) is 0 Å². The number of nitrogens with zero attached hydrogens (tertiary/aromatic N) is 1. The first kappa shape index (κ1) is 12.4. The van der Waals surface area contributed by atoms with Gasteiger partial charge in [-0.25, -0.2) is 0 Å². The molecule has 2 aliphatic carbocycles. The lowest BCUT2D eigenvalue weighted by atomic mass is 9.52. The van der Waals surface area contributed by atoms with Crippen molar-refractivity contribution in [2.75, 3.05) is 6.54 Å². The highest BCUT2D eigenvalue weighted by molar-refractivity contribution is 5.52. The second-order valence-corrected chi connectivity index (χ2v) is 7.03. The van der Waals surface area contributed by atoms with Gasteiger partial charge < -0.3 is 4.90 Å². The summed E-state index contributed by atoms with van der Waals surface area (Å²) in [7, 11) is 0. The van der Waals surface area contributed by atoms with Crippen LogP contribution in [0.5, 0.6) is 0 Å². The SMILES string of the molecule is Cc1ccc2c(c1)[C@]13CCCC[C@@H]1[C@H](C2)N(C=O)CC3. The van der Waals surface area contributed by atoms with E-state index in [1.807, 2.05) is 0 Å². The van der Waals surface area contributed by atoms with E-state index < -0.39 is 0 Å². The van der Waals surface area contributed by atoms with Crippen molar-refractivity contribution in [3.8, 4) is 0 Å². The Morgan fingerprint density at radius 1 is 1.30 bits per heavy atom. The summed E-state index contributed by atoms with van der Waals surface area (Å²) in [5.74, 6) is 0.699. The van der Waals surface area contributed by atoms with Crippen LogP contribution < -0.4 is 0 Å². The van der Waals surface area contributed by atoms with Gasteiger partial charge >= 0.3 is 0 Å². The predicted molar refractivity (Wildman–Crippen MR) is 79.7 cm³/mol. The van der Waals surface area contributed by atoms with Gasteiger partial charge in [0.1, 0.15) is 0 Å². The standard InChI is InChI=1S/C18H23NO/c1-13-5-6-14-11-17-15-4-2-3-7-18(15,16(14)10-13)8-9-19(17)12-20/h5-6,10,12,15,17H,2-4,7-9,11H2,1H3/t15-,17+,18+/m1/s1. The molecule has 3 atom stereocenters. The summed E-state index contributed by atoms with van der Waals surface area (Å²) in [6.45, 7) is 3.17. The Morgan fingerprint density at radius 3 is 3.05 bits per heavy atom. The summed E-state index contributed by atoms with van der Waals surface area (Å²) in [5, 5.41) is 0. The van der Waals surface area contributed by atoms with E-state index in [4.69, 9.17) is 0 Å². The Kier molecular flexibility index (Phi) is 2.70. The van der Waals surface area contributed by atoms with Crippen LogP contribution in [0.4, 0.5) is 0 Å². The van der Waals surface area contributed by atoms with Crippen molar-refractivity contribution in [2.45, 2.75) is 56.9 Å². The molecule has 20 heavy (non-hydrogen) atoms. The van der Waals surface area contributed by atoms with Gasteiger partial charge in [-0.05, 0) is 49.7 Å². The molecule has 1 saturated heterocycles. The van der Waals surface area contributed by atoms with Crippen LogP contribution in [0.3, 0.4) is 0 Å². The third-order valence-electron chi connectivity index (χ3n) is 6.17. The highest BCUT2D eigenvalue weighted by Crippen LogP contribution is 2.55. The van der Waals surface area contributed by atoms with E-state index in [1.54, 1.807) is 5.56 Å². The monoisotopic (exact) mass is 269 g/mol. The molecule has 1 aromatic rings. The number of rotatable bonds is 1. The first-order valence-electron chi connectivity index (χ1n) is 8.06. The van der Waals surface area contributed by atoms with Crippen LogP contribution in [0.1, 0.15) is 48.8 Å². The van der Waals surface area contributed by atoms with Gasteiger partial charge in [-0.2, -0.15) is 0 Å². The van der Waals surface area contributed by atoms with Gasteiger partial charge in [0.05, 0.1) is 0 Å². The lowest BCUT2D eigenvalue weighted by Crippen LogP contribution is -2.60. The van der Waals surface area contributed by atoms with Crippen molar-refractivity contribution in [2.24, 2.45) is 5.92 Å². The number of carbonyl (C=O) groups is 1. The summed E-state index contributed by atoms with van der Waals surface area (Å²) < 4.78 is 0. The summed E-state index contributed by atoms with van der Waals surface area (Å²) in [5.41, 5.74) is 4.90. The zero-order valence-corrected chi connectivity index (χ0v) is 12.3. The van der Waals surface area contributed by atoms with Gasteiger partial charge in [-0.3, -0.25) is 4.79 Å². The van der Waals surface area contributed by atoms with Crippen molar-refractivity contribution < 1.29 is 4.79 Å². The molecule has 4 rings (SSSR count). The molecule has 1 heterocycles. The second kappa shape index (κ2) is 4.34. The number of hydrogen-bond donors (Lipinski definition) is 0. The molecule has 0 unspecified atom stereocenters. The van der Waals surface area contributed by atoms with Crippen molar-refractivity contribution >= 4 is 6.41 Å². The van der Waals surface area contributed by atoms with E-state index in [-0.39, 0.29) is 0 Å². The average molecular weight is 269 g/mol. The lowest BCUT2D eigenvalue weighted by Gasteiger charge is -2.58. The first-order valence-corrected chi connectivity index (χ1v) is 8.06. The predicted octanol–water partition coefficient (Wildman–Crippen LogP) is 3.21. The highest BCUT2D eigenvalue weighted by atomic mass is 16.1. The van der Waals surface area contributed by atoms with Gasteiger partial charge in [0, 0.05) is 18.0 Å². The molecule has 106 valence electrons. The fraction of sp³-hybridized carbons (Fsp3) is 0.611. The number of likely N-dealkylation sites (tertiary alicyclic amines) is 1. The van der Waals surface area contributed by atoms with Crippen LogP contribution in [-0.4, -0.2) is 23.9 Å². The molecule has 1 saturated carbocycles. The van der Waals surface area contributed by atoms with E-state index in [9.17, 15) is 4.79 Å². The summed E-state index contributed by atoms with van der Waals surface area (Å²) >= 11 is 0. The number of benzene rings is 1. The van der Waals surface area contributed by atoms with Crippen molar-refractivity contribution in [3.05, 3.63) is 34.9 Å². The zero-order chi connectivity index (χ0) is 13.7. The van der Waals surface area contributed by atoms with Crippen LogP contribution in [0.2, 0.25) is 0 Å². The van der Waals surface area contributed by atoms with E-state index >= 15 is 0 Å². The van der Waals surface area contributed by atoms with Crippen LogP contribution in [-0.2, 0) is 16.6 Å². The quantitative estimate of drug-likeness (QED) is 0.717. The largest absolute Gasteiger partial charge is 0.342 e. The molecule has 2 bridgehead atoms. The zero-order valence-electron chi connectivity index (χ0n) is 12.3. The lowest BCUT2D eigenvalue weighted by molar-refractivity contribution is -0.126. The Hall–Kier alpha value is -1.31. The van der Waals surface area contributed by atoms with Gasteiger partial charge in [0.25, 0.3) is 0 Å². The van der Waals surface area contributed by atoms with Gasteiger partial charge in [0.15, 0.2) is 0 Å². The molecule has 2 fully saturated rings. The average Bonchev–Trinajstić information content (AvgIpc) is 2.48.